The van der Waals surface area contributed by atoms with Crippen LogP contribution in [-0.2, 0) is 0 Å². The summed E-state index contributed by atoms with van der Waals surface area (Å²) in [5.74, 6) is 0. The summed E-state index contributed by atoms with van der Waals surface area (Å²) >= 11 is 0. The van der Waals surface area contributed by atoms with Crippen molar-refractivity contribution < 1.29 is 38.8 Å². The van der Waals surface area contributed by atoms with Gasteiger partial charge in [-0.3, -0.25) is 0 Å². The third-order valence-corrected chi connectivity index (χ3v) is 4.28. The molecular formula is C13H29IN2O2. The van der Waals surface area contributed by atoms with Crippen LogP contribution in [0.15, 0.2) is 0 Å². The van der Waals surface area contributed by atoms with Crippen LogP contribution < -0.4 is 24.0 Å². The first-order valence-electron chi connectivity index (χ1n) is 6.46. The minimum atomic E-state index is -0.211. The second-order valence-corrected chi connectivity index (χ2v) is 7.22. The van der Waals surface area contributed by atoms with E-state index in [-0.39, 0.29) is 41.7 Å². The van der Waals surface area contributed by atoms with Crippen molar-refractivity contribution in [2.24, 2.45) is 0 Å². The predicted octanol–water partition coefficient (Wildman–Crippen LogP) is -1.53. The molecule has 1 heterocycles. The highest BCUT2D eigenvalue weighted by atomic mass is 127. The number of hydroxylamine groups is 2. The molecule has 4 nitrogen and oxygen atoms in total. The SMILES string of the molecule is CC1(C)CC([N+](C)(C)CCO)CC(C)(C)N1O.[I-]. The molecule has 5 heteroatoms. The van der Waals surface area contributed by atoms with Gasteiger partial charge in [-0.1, -0.05) is 0 Å². The van der Waals surface area contributed by atoms with Crippen LogP contribution in [0.5, 0.6) is 0 Å². The molecule has 18 heavy (non-hydrogen) atoms. The first kappa shape index (κ1) is 18.6. The third kappa shape index (κ3) is 3.79. The topological polar surface area (TPSA) is 43.7 Å². The number of hydrogen-bond acceptors (Lipinski definition) is 3. The smallest absolute Gasteiger partial charge is 0.102 e. The Balaban J connectivity index is 0.00000289. The van der Waals surface area contributed by atoms with Crippen LogP contribution in [0.2, 0.25) is 0 Å². The highest BCUT2D eigenvalue weighted by Gasteiger charge is 2.49. The van der Waals surface area contributed by atoms with Crippen LogP contribution in [0.1, 0.15) is 40.5 Å². The van der Waals surface area contributed by atoms with E-state index in [1.807, 2.05) is 0 Å². The van der Waals surface area contributed by atoms with Gasteiger partial charge in [0.1, 0.15) is 6.54 Å². The summed E-state index contributed by atoms with van der Waals surface area (Å²) in [5.41, 5.74) is -0.422. The molecule has 1 fully saturated rings. The van der Waals surface area contributed by atoms with Crippen LogP contribution >= 0.6 is 0 Å². The molecule has 0 aliphatic carbocycles. The van der Waals surface area contributed by atoms with Gasteiger partial charge in [0, 0.05) is 23.9 Å². The minimum Gasteiger partial charge on any atom is -1.00 e. The zero-order valence-corrected chi connectivity index (χ0v) is 14.7. The van der Waals surface area contributed by atoms with Crippen molar-refractivity contribution >= 4 is 0 Å². The van der Waals surface area contributed by atoms with E-state index < -0.39 is 0 Å². The Bertz CT molecular complexity index is 262. The summed E-state index contributed by atoms with van der Waals surface area (Å²) in [7, 11) is 4.33. The average Bonchev–Trinajstić information content (AvgIpc) is 2.13. The molecule has 0 aromatic carbocycles. The molecule has 2 N–H and O–H groups in total. The maximum Gasteiger partial charge on any atom is 0.102 e. The largest absolute Gasteiger partial charge is 1.00 e. The van der Waals surface area contributed by atoms with E-state index in [0.29, 0.717) is 6.04 Å². The lowest BCUT2D eigenvalue weighted by Gasteiger charge is -2.54. The summed E-state index contributed by atoms with van der Waals surface area (Å²) < 4.78 is 0.817. The zero-order chi connectivity index (χ0) is 13.5. The third-order valence-electron chi connectivity index (χ3n) is 4.28. The lowest BCUT2D eigenvalue weighted by atomic mass is 9.77. The van der Waals surface area contributed by atoms with Crippen LogP contribution in [0, 0.1) is 0 Å². The van der Waals surface area contributed by atoms with Crippen LogP contribution in [0.3, 0.4) is 0 Å². The molecule has 0 unspecified atom stereocenters. The maximum absolute atomic E-state index is 10.3. The van der Waals surface area contributed by atoms with Gasteiger partial charge in [-0.05, 0) is 27.7 Å². The van der Waals surface area contributed by atoms with E-state index in [1.54, 1.807) is 0 Å². The van der Waals surface area contributed by atoms with Gasteiger partial charge in [0.25, 0.3) is 0 Å². The minimum absolute atomic E-state index is 0. The van der Waals surface area contributed by atoms with Gasteiger partial charge in [0.05, 0.1) is 26.7 Å². The number of rotatable bonds is 3. The summed E-state index contributed by atoms with van der Waals surface area (Å²) in [6, 6.07) is 0.468. The molecule has 1 aliphatic rings. The van der Waals surface area contributed by atoms with Crippen molar-refractivity contribution in [3.63, 3.8) is 0 Å². The molecule has 0 spiro atoms. The monoisotopic (exact) mass is 372 g/mol. The summed E-state index contributed by atoms with van der Waals surface area (Å²) in [6.07, 6.45) is 1.89. The lowest BCUT2D eigenvalue weighted by molar-refractivity contribution is -0.918. The number of quaternary nitrogens is 1. The molecule has 0 atom stereocenters. The number of aliphatic hydroxyl groups is 1. The van der Waals surface area contributed by atoms with Gasteiger partial charge in [-0.15, -0.1) is 0 Å². The zero-order valence-electron chi connectivity index (χ0n) is 12.6. The molecule has 0 bridgehead atoms. The Labute approximate surface area is 129 Å². The van der Waals surface area contributed by atoms with Crippen molar-refractivity contribution in [1.29, 1.82) is 0 Å². The fourth-order valence-electron chi connectivity index (χ4n) is 3.15. The Kier molecular flexibility index (Phi) is 6.10. The Morgan fingerprint density at radius 1 is 1.11 bits per heavy atom. The van der Waals surface area contributed by atoms with Crippen LogP contribution in [0.4, 0.5) is 0 Å². The van der Waals surface area contributed by atoms with E-state index in [2.05, 4.69) is 41.8 Å². The van der Waals surface area contributed by atoms with Gasteiger partial charge in [0.15, 0.2) is 0 Å². The van der Waals surface area contributed by atoms with Crippen LogP contribution in [-0.4, -0.2) is 64.2 Å². The first-order chi connectivity index (χ1) is 7.53. The number of halogens is 1. The molecule has 1 rings (SSSR count). The molecule has 1 saturated heterocycles. The predicted molar refractivity (Wildman–Crippen MR) is 68.9 cm³/mol. The molecular weight excluding hydrogens is 343 g/mol. The lowest BCUT2D eigenvalue weighted by Crippen LogP contribution is -3.00. The Morgan fingerprint density at radius 3 is 1.83 bits per heavy atom. The molecule has 1 aliphatic heterocycles. The van der Waals surface area contributed by atoms with Gasteiger partial charge >= 0.3 is 0 Å². The van der Waals surface area contributed by atoms with Crippen LogP contribution in [0.25, 0.3) is 0 Å². The highest BCUT2D eigenvalue weighted by molar-refractivity contribution is 4.96. The fourth-order valence-corrected chi connectivity index (χ4v) is 3.15. The van der Waals surface area contributed by atoms with Crippen molar-refractivity contribution in [1.82, 2.24) is 5.06 Å². The highest BCUT2D eigenvalue weighted by Crippen LogP contribution is 2.39. The van der Waals surface area contributed by atoms with Gasteiger partial charge < -0.3 is 38.8 Å². The van der Waals surface area contributed by atoms with Gasteiger partial charge in [-0.2, -0.15) is 5.06 Å². The van der Waals surface area contributed by atoms with E-state index in [4.69, 9.17) is 5.11 Å². The first-order valence-corrected chi connectivity index (χ1v) is 6.46. The van der Waals surface area contributed by atoms with E-state index in [9.17, 15) is 5.21 Å². The van der Waals surface area contributed by atoms with E-state index in [0.717, 1.165) is 23.9 Å². The summed E-state index contributed by atoms with van der Waals surface area (Å²) in [6.45, 7) is 9.31. The molecule has 0 radical (unpaired) electrons. The van der Waals surface area contributed by atoms with Crippen molar-refractivity contribution in [3.8, 4) is 0 Å². The summed E-state index contributed by atoms with van der Waals surface area (Å²) in [4.78, 5) is 0. The molecule has 0 amide bonds. The fraction of sp³-hybridized carbons (Fsp3) is 1.00. The second-order valence-electron chi connectivity index (χ2n) is 7.22. The van der Waals surface area contributed by atoms with Crippen molar-refractivity contribution in [2.45, 2.75) is 57.7 Å². The number of likely N-dealkylation sites (N-methyl/N-ethyl adjacent to an activating group) is 1. The number of aliphatic hydroxyl groups excluding tert-OH is 1. The standard InChI is InChI=1S/C13H29N2O2.HI/c1-12(2)9-11(15(5,6)7-8-16)10-13(3,4)14(12)17;/h11,16-17H,7-10H2,1-6H3;1H/q+1;/p-1. The van der Waals surface area contributed by atoms with Gasteiger partial charge in [0.2, 0.25) is 0 Å². The number of hydrogen-bond donors (Lipinski definition) is 2. The number of piperidine rings is 1. The quantitative estimate of drug-likeness (QED) is 0.467. The van der Waals surface area contributed by atoms with Crippen molar-refractivity contribution in [3.05, 3.63) is 0 Å². The summed E-state index contributed by atoms with van der Waals surface area (Å²) in [5, 5.41) is 20.9. The molecule has 0 saturated carbocycles. The van der Waals surface area contributed by atoms with E-state index >= 15 is 0 Å². The van der Waals surface area contributed by atoms with Crippen molar-refractivity contribution in [2.75, 3.05) is 27.2 Å². The maximum atomic E-state index is 10.3. The average molecular weight is 372 g/mol. The van der Waals surface area contributed by atoms with Gasteiger partial charge in [-0.25, -0.2) is 0 Å². The van der Waals surface area contributed by atoms with E-state index in [1.165, 1.54) is 5.06 Å². The molecule has 110 valence electrons. The Hall–Kier alpha value is 0.570. The Morgan fingerprint density at radius 2 is 1.50 bits per heavy atom. The second kappa shape index (κ2) is 5.91. The number of nitrogens with zero attached hydrogens (tertiary/aromatic N) is 2. The molecule has 0 aromatic rings. The molecule has 0 aromatic heterocycles. The normalized spacial score (nSPS) is 24.7.